The number of anilines is 1. The summed E-state index contributed by atoms with van der Waals surface area (Å²) >= 11 is 0. The van der Waals surface area contributed by atoms with Crippen LogP contribution in [0.1, 0.15) is 32.9 Å². The quantitative estimate of drug-likeness (QED) is 0.451. The molecule has 3 aromatic rings. The van der Waals surface area contributed by atoms with Gasteiger partial charge in [-0.3, -0.25) is 0 Å². The van der Waals surface area contributed by atoms with E-state index in [9.17, 15) is 9.90 Å². The number of aromatic carboxylic acids is 1. The van der Waals surface area contributed by atoms with Crippen molar-refractivity contribution in [2.75, 3.05) is 5.32 Å². The number of nitrogens with zero attached hydrogens (tertiary/aromatic N) is 2. The van der Waals surface area contributed by atoms with Gasteiger partial charge in [0.05, 0.1) is 12.2 Å². The number of carboxylic acid groups (broad SMARTS) is 1. The lowest BCUT2D eigenvalue weighted by atomic mass is 10.2. The third kappa shape index (κ3) is 4.23. The van der Waals surface area contributed by atoms with Gasteiger partial charge in [-0.25, -0.2) is 9.79 Å². The highest BCUT2D eigenvalue weighted by molar-refractivity contribution is 6.03. The van der Waals surface area contributed by atoms with Gasteiger partial charge in [0.15, 0.2) is 5.96 Å². The molecule has 0 spiro atoms. The van der Waals surface area contributed by atoms with Crippen LogP contribution < -0.4 is 11.1 Å². The molecule has 1 heterocycles. The first kappa shape index (κ1) is 19.2. The van der Waals surface area contributed by atoms with Gasteiger partial charge in [0.2, 0.25) is 0 Å². The third-order valence-electron chi connectivity index (χ3n) is 4.71. The van der Waals surface area contributed by atoms with Gasteiger partial charge < -0.3 is 20.7 Å². The number of hydrogen-bond donors (Lipinski definition) is 3. The summed E-state index contributed by atoms with van der Waals surface area (Å²) in [7, 11) is 0. The Morgan fingerprint density at radius 2 is 1.57 bits per heavy atom. The molecule has 0 atom stereocenters. The molecule has 6 nitrogen and oxygen atoms in total. The molecule has 1 aromatic heterocycles. The Morgan fingerprint density at radius 3 is 2.14 bits per heavy atom. The van der Waals surface area contributed by atoms with E-state index in [1.165, 1.54) is 0 Å². The molecule has 0 bridgehead atoms. The molecule has 0 aliphatic carbocycles. The highest BCUT2D eigenvalue weighted by Gasteiger charge is 2.23. The van der Waals surface area contributed by atoms with Crippen molar-refractivity contribution in [3.63, 3.8) is 0 Å². The Labute approximate surface area is 164 Å². The monoisotopic (exact) mass is 376 g/mol. The zero-order chi connectivity index (χ0) is 20.1. The van der Waals surface area contributed by atoms with E-state index in [0.717, 1.165) is 16.8 Å². The van der Waals surface area contributed by atoms with Crippen molar-refractivity contribution in [2.24, 2.45) is 10.7 Å². The molecule has 0 aliphatic heterocycles. The number of nitrogens with one attached hydrogen (secondary N) is 1. The zero-order valence-corrected chi connectivity index (χ0v) is 16.0. The van der Waals surface area contributed by atoms with Gasteiger partial charge in [-0.15, -0.1) is 0 Å². The number of benzene rings is 2. The van der Waals surface area contributed by atoms with Crippen LogP contribution in [-0.4, -0.2) is 21.6 Å². The minimum atomic E-state index is -0.995. The number of aliphatic imine (C=N–C) groups is 1. The standard InChI is InChI=1S/C22H24N4O2/c1-15-19(21(27)28)20(16(2)26(15)14-18-11-7-4-8-12-18)25-22(23)24-13-17-9-5-3-6-10-17/h3-12H,13-14H2,1-2H3,(H,27,28)(H3,23,24,25). The van der Waals surface area contributed by atoms with Crippen LogP contribution in [0, 0.1) is 13.8 Å². The summed E-state index contributed by atoms with van der Waals surface area (Å²) in [5, 5.41) is 12.7. The van der Waals surface area contributed by atoms with E-state index in [-0.39, 0.29) is 11.5 Å². The normalized spacial score (nSPS) is 11.4. The van der Waals surface area contributed by atoms with E-state index in [1.54, 1.807) is 0 Å². The van der Waals surface area contributed by atoms with Crippen molar-refractivity contribution in [3.05, 3.63) is 88.7 Å². The first-order valence-corrected chi connectivity index (χ1v) is 9.05. The van der Waals surface area contributed by atoms with Gasteiger partial charge in [0, 0.05) is 17.9 Å². The fourth-order valence-electron chi connectivity index (χ4n) is 3.23. The van der Waals surface area contributed by atoms with Crippen molar-refractivity contribution in [3.8, 4) is 0 Å². The van der Waals surface area contributed by atoms with Crippen LogP contribution in [0.3, 0.4) is 0 Å². The minimum absolute atomic E-state index is 0.186. The summed E-state index contributed by atoms with van der Waals surface area (Å²) in [5.74, 6) is -0.808. The molecule has 0 unspecified atom stereocenters. The van der Waals surface area contributed by atoms with Crippen LogP contribution in [0.5, 0.6) is 0 Å². The molecule has 144 valence electrons. The topological polar surface area (TPSA) is 92.6 Å². The van der Waals surface area contributed by atoms with E-state index >= 15 is 0 Å². The van der Waals surface area contributed by atoms with E-state index in [0.29, 0.717) is 24.5 Å². The van der Waals surface area contributed by atoms with Gasteiger partial charge in [0.25, 0.3) is 0 Å². The number of carbonyl (C=O) groups is 1. The number of nitrogens with two attached hydrogens (primary N) is 1. The molecule has 4 N–H and O–H groups in total. The second-order valence-electron chi connectivity index (χ2n) is 6.61. The smallest absolute Gasteiger partial charge is 0.339 e. The summed E-state index contributed by atoms with van der Waals surface area (Å²) < 4.78 is 1.98. The average Bonchev–Trinajstić information content (AvgIpc) is 2.92. The molecular formula is C22H24N4O2. The summed E-state index contributed by atoms with van der Waals surface area (Å²) in [4.78, 5) is 16.2. The molecule has 0 fully saturated rings. The number of rotatable bonds is 6. The lowest BCUT2D eigenvalue weighted by molar-refractivity contribution is 0.0697. The molecular weight excluding hydrogens is 352 g/mol. The summed E-state index contributed by atoms with van der Waals surface area (Å²) in [6.07, 6.45) is 0. The van der Waals surface area contributed by atoms with E-state index in [1.807, 2.05) is 79.1 Å². The maximum Gasteiger partial charge on any atom is 0.339 e. The van der Waals surface area contributed by atoms with Crippen molar-refractivity contribution < 1.29 is 9.90 Å². The predicted molar refractivity (Wildman–Crippen MR) is 112 cm³/mol. The first-order valence-electron chi connectivity index (χ1n) is 9.05. The molecule has 0 saturated carbocycles. The average molecular weight is 376 g/mol. The number of carboxylic acids is 1. The Balaban J connectivity index is 1.89. The Hall–Kier alpha value is -3.54. The van der Waals surface area contributed by atoms with E-state index in [4.69, 9.17) is 5.73 Å². The maximum atomic E-state index is 11.9. The van der Waals surface area contributed by atoms with Crippen molar-refractivity contribution in [2.45, 2.75) is 26.9 Å². The fourth-order valence-corrected chi connectivity index (χ4v) is 3.23. The highest BCUT2D eigenvalue weighted by atomic mass is 16.4. The van der Waals surface area contributed by atoms with Crippen molar-refractivity contribution in [1.82, 2.24) is 4.57 Å². The van der Waals surface area contributed by atoms with E-state index in [2.05, 4.69) is 10.3 Å². The molecule has 3 rings (SSSR count). The third-order valence-corrected chi connectivity index (χ3v) is 4.71. The van der Waals surface area contributed by atoms with Crippen molar-refractivity contribution in [1.29, 1.82) is 0 Å². The van der Waals surface area contributed by atoms with Gasteiger partial charge >= 0.3 is 5.97 Å². The van der Waals surface area contributed by atoms with Crippen LogP contribution in [0.2, 0.25) is 0 Å². The number of hydrogen-bond acceptors (Lipinski definition) is 2. The second kappa shape index (κ2) is 8.43. The highest BCUT2D eigenvalue weighted by Crippen LogP contribution is 2.28. The van der Waals surface area contributed by atoms with Crippen LogP contribution in [0.25, 0.3) is 0 Å². The van der Waals surface area contributed by atoms with Gasteiger partial charge in [0.1, 0.15) is 5.56 Å². The lowest BCUT2D eigenvalue weighted by Gasteiger charge is -2.10. The number of guanidine groups is 1. The Morgan fingerprint density at radius 1 is 1.00 bits per heavy atom. The largest absolute Gasteiger partial charge is 0.478 e. The van der Waals surface area contributed by atoms with Crippen LogP contribution >= 0.6 is 0 Å². The van der Waals surface area contributed by atoms with Crippen LogP contribution in [0.15, 0.2) is 65.7 Å². The molecule has 0 saturated heterocycles. The fraction of sp³-hybridized carbons (Fsp3) is 0.182. The van der Waals surface area contributed by atoms with Crippen molar-refractivity contribution >= 4 is 17.6 Å². The molecule has 0 radical (unpaired) electrons. The maximum absolute atomic E-state index is 11.9. The molecule has 28 heavy (non-hydrogen) atoms. The SMILES string of the molecule is Cc1c(NC(N)=NCc2ccccc2)c(C(=O)O)c(C)n1Cc1ccccc1. The predicted octanol–water partition coefficient (Wildman–Crippen LogP) is 3.78. The molecule has 2 aromatic carbocycles. The van der Waals surface area contributed by atoms with E-state index < -0.39 is 5.97 Å². The van der Waals surface area contributed by atoms with Gasteiger partial charge in [-0.05, 0) is 25.0 Å². The molecule has 0 aliphatic rings. The van der Waals surface area contributed by atoms with Gasteiger partial charge in [-0.2, -0.15) is 0 Å². The van der Waals surface area contributed by atoms with Gasteiger partial charge in [-0.1, -0.05) is 60.7 Å². The second-order valence-corrected chi connectivity index (χ2v) is 6.61. The molecule has 6 heteroatoms. The van der Waals surface area contributed by atoms with Crippen LogP contribution in [-0.2, 0) is 13.1 Å². The zero-order valence-electron chi connectivity index (χ0n) is 16.0. The lowest BCUT2D eigenvalue weighted by Crippen LogP contribution is -2.24. The number of aromatic nitrogens is 1. The minimum Gasteiger partial charge on any atom is -0.478 e. The Kier molecular flexibility index (Phi) is 5.79. The summed E-state index contributed by atoms with van der Waals surface area (Å²) in [6.45, 7) is 4.70. The Bertz CT molecular complexity index is 992. The van der Waals surface area contributed by atoms with Crippen LogP contribution in [0.4, 0.5) is 5.69 Å². The molecule has 0 amide bonds. The first-order chi connectivity index (χ1) is 13.5. The summed E-state index contributed by atoms with van der Waals surface area (Å²) in [6, 6.07) is 19.7. The summed E-state index contributed by atoms with van der Waals surface area (Å²) in [5.41, 5.74) is 10.3.